The summed E-state index contributed by atoms with van der Waals surface area (Å²) in [7, 11) is 0. The highest BCUT2D eigenvalue weighted by molar-refractivity contribution is 5.87. The molecule has 4 N–H and O–H groups in total. The van der Waals surface area contributed by atoms with E-state index in [-0.39, 0.29) is 6.04 Å². The molecule has 8 nitrogen and oxygen atoms in total. The molecule has 0 saturated carbocycles. The van der Waals surface area contributed by atoms with E-state index in [4.69, 9.17) is 15.6 Å². The fourth-order valence-corrected chi connectivity index (χ4v) is 1.89. The average molecular weight is 273 g/mol. The van der Waals surface area contributed by atoms with Gasteiger partial charge in [-0.15, -0.1) is 0 Å². The van der Waals surface area contributed by atoms with Gasteiger partial charge in [-0.2, -0.15) is 0 Å². The number of rotatable bonds is 5. The molecule has 1 saturated heterocycles. The Morgan fingerprint density at radius 1 is 1.53 bits per heavy atom. The maximum atomic E-state index is 12.0. The molecule has 1 aliphatic heterocycles. The fourth-order valence-electron chi connectivity index (χ4n) is 1.89. The number of morpholine rings is 1. The van der Waals surface area contributed by atoms with E-state index >= 15 is 0 Å². The molecular formula is C11H19N3O5. The lowest BCUT2D eigenvalue weighted by Crippen LogP contribution is -2.55. The van der Waals surface area contributed by atoms with Crippen molar-refractivity contribution >= 4 is 17.9 Å². The molecule has 3 amide bonds. The highest BCUT2D eigenvalue weighted by atomic mass is 16.5. The molecule has 19 heavy (non-hydrogen) atoms. The van der Waals surface area contributed by atoms with E-state index < -0.39 is 30.4 Å². The summed E-state index contributed by atoms with van der Waals surface area (Å²) in [5.41, 5.74) is 4.95. The summed E-state index contributed by atoms with van der Waals surface area (Å²) >= 11 is 0. The van der Waals surface area contributed by atoms with Crippen LogP contribution in [0.2, 0.25) is 0 Å². The number of amides is 3. The number of hydrogen-bond donors (Lipinski definition) is 3. The molecular weight excluding hydrogens is 254 g/mol. The van der Waals surface area contributed by atoms with Gasteiger partial charge in [0.1, 0.15) is 6.04 Å². The molecule has 1 heterocycles. The van der Waals surface area contributed by atoms with Crippen molar-refractivity contribution in [3.63, 3.8) is 0 Å². The largest absolute Gasteiger partial charge is 0.480 e. The number of carbonyl (C=O) groups excluding carboxylic acids is 2. The van der Waals surface area contributed by atoms with Crippen molar-refractivity contribution in [2.24, 2.45) is 5.73 Å². The van der Waals surface area contributed by atoms with E-state index in [9.17, 15) is 14.4 Å². The van der Waals surface area contributed by atoms with Gasteiger partial charge in [0.15, 0.2) is 0 Å². The number of nitrogens with one attached hydrogen (secondary N) is 1. The van der Waals surface area contributed by atoms with Crippen LogP contribution in [0, 0.1) is 0 Å². The first kappa shape index (κ1) is 15.2. The van der Waals surface area contributed by atoms with Crippen molar-refractivity contribution in [1.29, 1.82) is 0 Å². The molecule has 1 unspecified atom stereocenters. The first-order valence-corrected chi connectivity index (χ1v) is 6.11. The van der Waals surface area contributed by atoms with Crippen LogP contribution in [0.1, 0.15) is 19.8 Å². The Morgan fingerprint density at radius 3 is 2.74 bits per heavy atom. The zero-order chi connectivity index (χ0) is 14.4. The molecule has 0 bridgehead atoms. The zero-order valence-corrected chi connectivity index (χ0v) is 10.8. The van der Waals surface area contributed by atoms with Gasteiger partial charge in [0.2, 0.25) is 5.91 Å². The molecule has 1 aliphatic rings. The third-order valence-electron chi connectivity index (χ3n) is 2.96. The van der Waals surface area contributed by atoms with Crippen LogP contribution in [0.3, 0.4) is 0 Å². The van der Waals surface area contributed by atoms with Crippen LogP contribution in [0.5, 0.6) is 0 Å². The minimum absolute atomic E-state index is 0.0863. The highest BCUT2D eigenvalue weighted by Crippen LogP contribution is 2.10. The second-order valence-electron chi connectivity index (χ2n) is 4.34. The lowest BCUT2D eigenvalue weighted by molar-refractivity contribution is -0.141. The third-order valence-corrected chi connectivity index (χ3v) is 2.96. The van der Waals surface area contributed by atoms with Gasteiger partial charge in [-0.1, -0.05) is 6.92 Å². The van der Waals surface area contributed by atoms with Gasteiger partial charge < -0.3 is 25.8 Å². The lowest BCUT2D eigenvalue weighted by atomic mass is 10.1. The Hall–Kier alpha value is -1.83. The van der Waals surface area contributed by atoms with Crippen molar-refractivity contribution < 1.29 is 24.2 Å². The Bertz CT molecular complexity index is 360. The third kappa shape index (κ3) is 4.40. The lowest BCUT2D eigenvalue weighted by Gasteiger charge is -2.35. The molecule has 2 atom stereocenters. The van der Waals surface area contributed by atoms with Crippen LogP contribution in [0.25, 0.3) is 0 Å². The summed E-state index contributed by atoms with van der Waals surface area (Å²) in [6.45, 7) is 3.15. The minimum Gasteiger partial charge on any atom is -0.480 e. The molecule has 0 radical (unpaired) electrons. The number of ether oxygens (including phenoxy) is 1. The number of hydrogen-bond acceptors (Lipinski definition) is 4. The van der Waals surface area contributed by atoms with Gasteiger partial charge in [-0.05, 0) is 6.42 Å². The maximum Gasteiger partial charge on any atom is 0.326 e. The number of carbonyl (C=O) groups is 3. The van der Waals surface area contributed by atoms with E-state index in [1.54, 1.807) is 0 Å². The summed E-state index contributed by atoms with van der Waals surface area (Å²) in [6.07, 6.45) is 0.281. The molecule has 8 heteroatoms. The van der Waals surface area contributed by atoms with E-state index in [1.165, 1.54) is 4.90 Å². The Kier molecular flexibility index (Phi) is 5.56. The number of carboxylic acid groups (broad SMARTS) is 1. The highest BCUT2D eigenvalue weighted by Gasteiger charge is 2.29. The molecule has 0 spiro atoms. The fraction of sp³-hybridized carbons (Fsp3) is 0.727. The monoisotopic (exact) mass is 273 g/mol. The van der Waals surface area contributed by atoms with Crippen LogP contribution in [-0.4, -0.2) is 59.8 Å². The van der Waals surface area contributed by atoms with Crippen molar-refractivity contribution in [1.82, 2.24) is 10.2 Å². The summed E-state index contributed by atoms with van der Waals surface area (Å²) in [6, 6.07) is -1.90. The summed E-state index contributed by atoms with van der Waals surface area (Å²) in [5, 5.41) is 11.2. The second-order valence-corrected chi connectivity index (χ2v) is 4.34. The number of nitrogens with zero attached hydrogens (tertiary/aromatic N) is 1. The first-order valence-electron chi connectivity index (χ1n) is 6.11. The number of urea groups is 1. The predicted octanol–water partition coefficient (Wildman–Crippen LogP) is -0.865. The Labute approximate surface area is 110 Å². The van der Waals surface area contributed by atoms with Crippen LogP contribution >= 0.6 is 0 Å². The Balaban J connectivity index is 2.64. The standard InChI is InChI=1S/C11H19N3O5/c1-2-7-6-19-4-3-14(7)11(18)13-8(10(16)17)5-9(12)15/h7-8H,2-6H2,1H3,(H2,12,15)(H,13,18)(H,16,17)/t7?,8-/m1/s1. The number of aliphatic carboxylic acids is 1. The molecule has 0 aromatic rings. The summed E-state index contributed by atoms with van der Waals surface area (Å²) in [4.78, 5) is 35.2. The zero-order valence-electron chi connectivity index (χ0n) is 10.8. The van der Waals surface area contributed by atoms with Gasteiger partial charge in [-0.25, -0.2) is 9.59 Å². The topological polar surface area (TPSA) is 122 Å². The number of carboxylic acids is 1. The first-order chi connectivity index (χ1) is 8.95. The van der Waals surface area contributed by atoms with Crippen LogP contribution in [-0.2, 0) is 14.3 Å². The summed E-state index contributed by atoms with van der Waals surface area (Å²) < 4.78 is 5.26. The van der Waals surface area contributed by atoms with Gasteiger partial charge >= 0.3 is 12.0 Å². The molecule has 0 aliphatic carbocycles. The van der Waals surface area contributed by atoms with E-state index in [0.717, 1.165) is 0 Å². The van der Waals surface area contributed by atoms with Gasteiger partial charge in [-0.3, -0.25) is 4.79 Å². The molecule has 0 aromatic carbocycles. The molecule has 1 rings (SSSR count). The molecule has 108 valence electrons. The average Bonchev–Trinajstić information content (AvgIpc) is 2.37. The van der Waals surface area contributed by atoms with Gasteiger partial charge in [0.25, 0.3) is 0 Å². The second kappa shape index (κ2) is 6.93. The minimum atomic E-state index is -1.30. The Morgan fingerprint density at radius 2 is 2.21 bits per heavy atom. The molecule has 1 fully saturated rings. The van der Waals surface area contributed by atoms with E-state index in [1.807, 2.05) is 6.92 Å². The van der Waals surface area contributed by atoms with Crippen LogP contribution in [0.4, 0.5) is 4.79 Å². The smallest absolute Gasteiger partial charge is 0.326 e. The summed E-state index contributed by atoms with van der Waals surface area (Å²) in [5.74, 6) is -2.06. The van der Waals surface area contributed by atoms with Crippen molar-refractivity contribution in [2.75, 3.05) is 19.8 Å². The van der Waals surface area contributed by atoms with Gasteiger partial charge in [0.05, 0.1) is 25.7 Å². The van der Waals surface area contributed by atoms with E-state index in [2.05, 4.69) is 5.32 Å². The SMILES string of the molecule is CCC1COCCN1C(=O)N[C@H](CC(N)=O)C(=O)O. The number of primary amides is 1. The van der Waals surface area contributed by atoms with Crippen LogP contribution < -0.4 is 11.1 Å². The normalized spacial score (nSPS) is 20.7. The number of nitrogens with two attached hydrogens (primary N) is 1. The maximum absolute atomic E-state index is 12.0. The van der Waals surface area contributed by atoms with Crippen LogP contribution in [0.15, 0.2) is 0 Å². The van der Waals surface area contributed by atoms with Crippen molar-refractivity contribution in [2.45, 2.75) is 31.8 Å². The predicted molar refractivity (Wildman–Crippen MR) is 65.4 cm³/mol. The van der Waals surface area contributed by atoms with E-state index in [0.29, 0.717) is 26.2 Å². The van der Waals surface area contributed by atoms with Gasteiger partial charge in [0, 0.05) is 6.54 Å². The van der Waals surface area contributed by atoms with Crippen molar-refractivity contribution in [3.05, 3.63) is 0 Å². The van der Waals surface area contributed by atoms with Crippen molar-refractivity contribution in [3.8, 4) is 0 Å². The quantitative estimate of drug-likeness (QED) is 0.601. The molecule has 0 aromatic heterocycles.